The first kappa shape index (κ1) is 16.1. The molecule has 0 aliphatic carbocycles. The van der Waals surface area contributed by atoms with Crippen LogP contribution in [0, 0.1) is 17.0 Å². The van der Waals surface area contributed by atoms with E-state index in [1.165, 1.54) is 24.9 Å². The zero-order chi connectivity index (χ0) is 17.3. The zero-order valence-electron chi connectivity index (χ0n) is 12.7. The van der Waals surface area contributed by atoms with Crippen molar-refractivity contribution in [2.24, 2.45) is 12.8 Å². The molecule has 0 aliphatic rings. The van der Waals surface area contributed by atoms with Crippen molar-refractivity contribution in [3.05, 3.63) is 33.4 Å². The molecule has 11 nitrogen and oxygen atoms in total. The summed E-state index contributed by atoms with van der Waals surface area (Å²) in [4.78, 5) is 34.3. The maximum absolute atomic E-state index is 12.4. The number of nitrogens with zero attached hydrogens (tertiary/aromatic N) is 5. The number of nitrogens with two attached hydrogens (primary N) is 1. The van der Waals surface area contributed by atoms with Crippen molar-refractivity contribution in [1.82, 2.24) is 19.6 Å². The highest BCUT2D eigenvalue weighted by Gasteiger charge is 2.30. The summed E-state index contributed by atoms with van der Waals surface area (Å²) < 4.78 is 2.43. The summed E-state index contributed by atoms with van der Waals surface area (Å²) in [6.07, 6.45) is 1.26. The third-order valence-electron chi connectivity index (χ3n) is 3.21. The van der Waals surface area contributed by atoms with E-state index in [-0.39, 0.29) is 22.8 Å². The summed E-state index contributed by atoms with van der Waals surface area (Å²) in [5.41, 5.74) is 4.87. The number of hydrogen-bond donors (Lipinski definition) is 2. The van der Waals surface area contributed by atoms with Crippen molar-refractivity contribution in [3.8, 4) is 0 Å². The van der Waals surface area contributed by atoms with Crippen LogP contribution in [0.2, 0.25) is 0 Å². The first-order valence-electron chi connectivity index (χ1n) is 6.62. The number of carbonyl (C=O) groups excluding carboxylic acids is 2. The second-order valence-electron chi connectivity index (χ2n) is 4.70. The molecule has 3 N–H and O–H groups in total. The molecule has 0 bridgehead atoms. The maximum Gasteiger partial charge on any atom is 0.322 e. The molecule has 2 aromatic heterocycles. The van der Waals surface area contributed by atoms with Crippen molar-refractivity contribution in [1.29, 1.82) is 0 Å². The molecule has 2 rings (SSSR count). The molecule has 0 aromatic carbocycles. The van der Waals surface area contributed by atoms with Crippen molar-refractivity contribution in [2.75, 3.05) is 5.32 Å². The normalized spacial score (nSPS) is 10.6. The number of amides is 2. The van der Waals surface area contributed by atoms with E-state index in [9.17, 15) is 19.7 Å². The number of nitrogens with one attached hydrogen (secondary N) is 1. The molecule has 0 spiro atoms. The van der Waals surface area contributed by atoms with Crippen LogP contribution in [0.1, 0.15) is 33.6 Å². The Morgan fingerprint density at radius 2 is 2.09 bits per heavy atom. The van der Waals surface area contributed by atoms with Gasteiger partial charge in [-0.3, -0.25) is 29.1 Å². The molecule has 0 radical (unpaired) electrons. The van der Waals surface area contributed by atoms with Gasteiger partial charge < -0.3 is 11.1 Å². The molecule has 0 unspecified atom stereocenters. The first-order chi connectivity index (χ1) is 10.8. The van der Waals surface area contributed by atoms with Crippen LogP contribution in [-0.2, 0) is 13.6 Å². The second kappa shape index (κ2) is 5.87. The first-order valence-corrected chi connectivity index (χ1v) is 6.62. The van der Waals surface area contributed by atoms with Gasteiger partial charge in [0, 0.05) is 13.6 Å². The minimum Gasteiger partial charge on any atom is -0.364 e. The Morgan fingerprint density at radius 1 is 1.43 bits per heavy atom. The molecule has 0 atom stereocenters. The van der Waals surface area contributed by atoms with E-state index in [0.717, 1.165) is 4.68 Å². The van der Waals surface area contributed by atoms with Crippen LogP contribution in [-0.4, -0.2) is 36.3 Å². The van der Waals surface area contributed by atoms with Gasteiger partial charge in [-0.25, -0.2) is 0 Å². The van der Waals surface area contributed by atoms with Gasteiger partial charge in [-0.2, -0.15) is 10.2 Å². The molecule has 23 heavy (non-hydrogen) atoms. The van der Waals surface area contributed by atoms with Crippen LogP contribution in [0.15, 0.2) is 6.20 Å². The number of anilines is 1. The number of carbonyl (C=O) groups is 2. The van der Waals surface area contributed by atoms with Gasteiger partial charge in [-0.1, -0.05) is 0 Å². The molecule has 0 saturated carbocycles. The fraction of sp³-hybridized carbons (Fsp3) is 0.333. The molecule has 0 fully saturated rings. The van der Waals surface area contributed by atoms with Gasteiger partial charge >= 0.3 is 5.69 Å². The number of hydrogen-bond acceptors (Lipinski definition) is 6. The Morgan fingerprint density at radius 3 is 2.61 bits per heavy atom. The second-order valence-corrected chi connectivity index (χ2v) is 4.70. The van der Waals surface area contributed by atoms with E-state index in [1.807, 2.05) is 0 Å². The van der Waals surface area contributed by atoms with Gasteiger partial charge in [0.1, 0.15) is 11.4 Å². The maximum atomic E-state index is 12.4. The fourth-order valence-corrected chi connectivity index (χ4v) is 2.28. The number of primary amides is 1. The third kappa shape index (κ3) is 2.75. The summed E-state index contributed by atoms with van der Waals surface area (Å²) in [6, 6.07) is 0. The van der Waals surface area contributed by atoms with Crippen LogP contribution in [0.25, 0.3) is 0 Å². The quantitative estimate of drug-likeness (QED) is 0.593. The van der Waals surface area contributed by atoms with Crippen LogP contribution in [0.5, 0.6) is 0 Å². The molecular formula is C12H15N7O4. The fourth-order valence-electron chi connectivity index (χ4n) is 2.28. The molecular weight excluding hydrogens is 306 g/mol. The molecule has 0 saturated heterocycles. The van der Waals surface area contributed by atoms with Crippen LogP contribution in [0.3, 0.4) is 0 Å². The molecule has 2 amide bonds. The van der Waals surface area contributed by atoms with E-state index < -0.39 is 22.4 Å². The van der Waals surface area contributed by atoms with E-state index >= 15 is 0 Å². The predicted molar refractivity (Wildman–Crippen MR) is 79.0 cm³/mol. The highest BCUT2D eigenvalue weighted by Crippen LogP contribution is 2.24. The largest absolute Gasteiger partial charge is 0.364 e. The van der Waals surface area contributed by atoms with E-state index in [4.69, 9.17) is 5.73 Å². The Bertz CT molecular complexity index is 805. The van der Waals surface area contributed by atoms with Gasteiger partial charge in [0.2, 0.25) is 5.69 Å². The highest BCUT2D eigenvalue weighted by atomic mass is 16.6. The summed E-state index contributed by atoms with van der Waals surface area (Å²) >= 11 is 0. The van der Waals surface area contributed by atoms with Gasteiger partial charge in [0.05, 0.1) is 16.8 Å². The summed E-state index contributed by atoms with van der Waals surface area (Å²) in [5.74, 6) is -1.55. The average Bonchev–Trinajstić information content (AvgIpc) is 2.98. The Kier molecular flexibility index (Phi) is 4.12. The average molecular weight is 321 g/mol. The Labute approximate surface area is 130 Å². The van der Waals surface area contributed by atoms with Gasteiger partial charge in [0.15, 0.2) is 0 Å². The summed E-state index contributed by atoms with van der Waals surface area (Å²) in [5, 5.41) is 21.4. The smallest absolute Gasteiger partial charge is 0.322 e. The Hall–Kier alpha value is -3.24. The minimum absolute atomic E-state index is 0.0161. The lowest BCUT2D eigenvalue weighted by atomic mass is 10.2. The minimum atomic E-state index is -0.780. The number of aromatic nitrogens is 4. The van der Waals surface area contributed by atoms with Crippen molar-refractivity contribution in [3.63, 3.8) is 0 Å². The lowest BCUT2D eigenvalue weighted by Gasteiger charge is -2.06. The van der Waals surface area contributed by atoms with Crippen molar-refractivity contribution >= 4 is 23.2 Å². The zero-order valence-corrected chi connectivity index (χ0v) is 12.7. The summed E-state index contributed by atoms with van der Waals surface area (Å²) in [7, 11) is 1.42. The SMILES string of the molecule is CCn1ncc(NC(=O)c2c([N+](=O)[O-])c(C)nn2C)c1C(N)=O. The van der Waals surface area contributed by atoms with E-state index in [2.05, 4.69) is 15.5 Å². The third-order valence-corrected chi connectivity index (χ3v) is 3.21. The van der Waals surface area contributed by atoms with Crippen LogP contribution < -0.4 is 11.1 Å². The topological polar surface area (TPSA) is 151 Å². The number of nitro groups is 1. The van der Waals surface area contributed by atoms with Crippen LogP contribution >= 0.6 is 0 Å². The number of aryl methyl sites for hydroxylation is 3. The highest BCUT2D eigenvalue weighted by molar-refractivity contribution is 6.09. The molecule has 2 heterocycles. The number of rotatable bonds is 5. The van der Waals surface area contributed by atoms with E-state index in [0.29, 0.717) is 6.54 Å². The lowest BCUT2D eigenvalue weighted by molar-refractivity contribution is -0.385. The molecule has 11 heteroatoms. The molecule has 2 aromatic rings. The van der Waals surface area contributed by atoms with Crippen molar-refractivity contribution in [2.45, 2.75) is 20.4 Å². The van der Waals surface area contributed by atoms with Gasteiger partial charge in [-0.05, 0) is 13.8 Å². The molecule has 0 aliphatic heterocycles. The molecule has 122 valence electrons. The van der Waals surface area contributed by atoms with Gasteiger partial charge in [0.25, 0.3) is 11.8 Å². The monoisotopic (exact) mass is 321 g/mol. The lowest BCUT2D eigenvalue weighted by Crippen LogP contribution is -2.22. The van der Waals surface area contributed by atoms with E-state index in [1.54, 1.807) is 6.92 Å². The van der Waals surface area contributed by atoms with Crippen LogP contribution in [0.4, 0.5) is 11.4 Å². The Balaban J connectivity index is 2.44. The predicted octanol–water partition coefficient (Wildman–Crippen LogP) is 0.204. The van der Waals surface area contributed by atoms with Crippen molar-refractivity contribution < 1.29 is 14.5 Å². The van der Waals surface area contributed by atoms with Gasteiger partial charge in [-0.15, -0.1) is 0 Å². The standard InChI is InChI=1S/C12H15N7O4/c1-4-18-9(11(13)20)7(5-14-18)15-12(21)10-8(19(22)23)6(2)16-17(10)3/h5H,4H2,1-3H3,(H2,13,20)(H,15,21). The summed E-state index contributed by atoms with van der Waals surface area (Å²) in [6.45, 7) is 3.55.